The molecule has 2 aromatic rings. The van der Waals surface area contributed by atoms with Crippen molar-refractivity contribution >= 4 is 35.0 Å². The Labute approximate surface area is 79.7 Å². The van der Waals surface area contributed by atoms with Gasteiger partial charge in [-0.3, -0.25) is 4.98 Å². The van der Waals surface area contributed by atoms with Gasteiger partial charge in [-0.2, -0.15) is 4.99 Å². The Balaban J connectivity index is 2.46. The van der Waals surface area contributed by atoms with E-state index in [1.165, 1.54) is 6.34 Å². The lowest BCUT2D eigenvalue weighted by Crippen LogP contribution is -1.71. The van der Waals surface area contributed by atoms with Crippen molar-refractivity contribution in [2.75, 3.05) is 0 Å². The fraction of sp³-hybridized carbons (Fsp3) is 0. The molecule has 0 saturated carbocycles. The van der Waals surface area contributed by atoms with Gasteiger partial charge in [0.1, 0.15) is 17.5 Å². The first-order valence-corrected chi connectivity index (χ1v) is 4.23. The third kappa shape index (κ3) is 0.917. The van der Waals surface area contributed by atoms with E-state index in [1.54, 1.807) is 12.3 Å². The largest absolute Gasteiger partial charge is 0.351 e. The van der Waals surface area contributed by atoms with Crippen molar-refractivity contribution in [1.29, 1.82) is 0 Å². The minimum atomic E-state index is 0.828. The number of aliphatic imine (C=N–C) groups is 2. The summed E-state index contributed by atoms with van der Waals surface area (Å²) < 4.78 is 0. The fourth-order valence-electron chi connectivity index (χ4n) is 1.48. The van der Waals surface area contributed by atoms with Crippen LogP contribution in [0.2, 0.25) is 0 Å². The maximum absolute atomic E-state index is 4.26. The van der Waals surface area contributed by atoms with E-state index in [0.717, 1.165) is 22.4 Å². The van der Waals surface area contributed by atoms with Crippen molar-refractivity contribution in [1.82, 2.24) is 9.97 Å². The standard InChI is InChI=1S/C10H6N4/c1-2-7-9(12-4-1)10-8(14-7)3-5-11-6-13-10/h1-4,6,14H. The Hall–Kier alpha value is -2.19. The number of nitrogens with zero attached hydrogens (tertiary/aromatic N) is 3. The average molecular weight is 182 g/mol. The maximum Gasteiger partial charge on any atom is 0.126 e. The van der Waals surface area contributed by atoms with Crippen LogP contribution in [0.3, 0.4) is 0 Å². The Kier molecular flexibility index (Phi) is 1.37. The first-order valence-electron chi connectivity index (χ1n) is 4.23. The summed E-state index contributed by atoms with van der Waals surface area (Å²) in [5, 5.41) is 0. The van der Waals surface area contributed by atoms with E-state index in [1.807, 2.05) is 12.1 Å². The number of nitrogens with one attached hydrogen (secondary N) is 1. The summed E-state index contributed by atoms with van der Waals surface area (Å²) >= 11 is 0. The molecule has 0 saturated heterocycles. The Morgan fingerprint density at radius 2 is 2.36 bits per heavy atom. The molecule has 0 unspecified atom stereocenters. The molecule has 14 heavy (non-hydrogen) atoms. The maximum atomic E-state index is 4.26. The molecule has 3 heterocycles. The molecule has 0 fully saturated rings. The van der Waals surface area contributed by atoms with Gasteiger partial charge in [-0.15, -0.1) is 0 Å². The van der Waals surface area contributed by atoms with Gasteiger partial charge in [0.25, 0.3) is 0 Å². The van der Waals surface area contributed by atoms with Crippen molar-refractivity contribution in [3.63, 3.8) is 0 Å². The van der Waals surface area contributed by atoms with Crippen molar-refractivity contribution < 1.29 is 0 Å². The lowest BCUT2D eigenvalue weighted by Gasteiger charge is -1.88. The number of hydrogen-bond donors (Lipinski definition) is 1. The van der Waals surface area contributed by atoms with E-state index in [9.17, 15) is 0 Å². The Morgan fingerprint density at radius 1 is 1.36 bits per heavy atom. The molecule has 0 aliphatic carbocycles. The van der Waals surface area contributed by atoms with Crippen LogP contribution in [0, 0.1) is 0 Å². The average Bonchev–Trinajstić information content (AvgIpc) is 2.42. The van der Waals surface area contributed by atoms with Crippen LogP contribution in [-0.2, 0) is 0 Å². The fourth-order valence-corrected chi connectivity index (χ4v) is 1.48. The van der Waals surface area contributed by atoms with Crippen LogP contribution < -0.4 is 0 Å². The topological polar surface area (TPSA) is 53.4 Å². The predicted octanol–water partition coefficient (Wildman–Crippen LogP) is 1.92. The summed E-state index contributed by atoms with van der Waals surface area (Å²) in [5.74, 6) is 2.76. The zero-order chi connectivity index (χ0) is 9.38. The van der Waals surface area contributed by atoms with Gasteiger partial charge < -0.3 is 4.98 Å². The Morgan fingerprint density at radius 3 is 3.36 bits per heavy atom. The van der Waals surface area contributed by atoms with Gasteiger partial charge in [-0.05, 0) is 18.0 Å². The van der Waals surface area contributed by atoms with Gasteiger partial charge >= 0.3 is 0 Å². The molecule has 0 atom stereocenters. The number of fused-ring (bicyclic) bond motifs is 3. The number of rotatable bonds is 0. The van der Waals surface area contributed by atoms with Crippen LogP contribution in [-0.4, -0.2) is 22.2 Å². The minimum Gasteiger partial charge on any atom is -0.351 e. The third-order valence-corrected chi connectivity index (χ3v) is 2.08. The van der Waals surface area contributed by atoms with Crippen molar-refractivity contribution in [2.45, 2.75) is 0 Å². The highest BCUT2D eigenvalue weighted by Gasteiger charge is 2.09. The third-order valence-electron chi connectivity index (χ3n) is 2.08. The van der Waals surface area contributed by atoms with Gasteiger partial charge in [0, 0.05) is 12.3 Å². The van der Waals surface area contributed by atoms with Crippen LogP contribution in [0.1, 0.15) is 5.69 Å². The smallest absolute Gasteiger partial charge is 0.126 e. The first kappa shape index (κ1) is 7.24. The molecular formula is C10H6N4. The highest BCUT2D eigenvalue weighted by Crippen LogP contribution is 2.29. The zero-order valence-electron chi connectivity index (χ0n) is 7.23. The number of aromatic amines is 1. The van der Waals surface area contributed by atoms with Crippen molar-refractivity contribution in [2.24, 2.45) is 9.98 Å². The van der Waals surface area contributed by atoms with Gasteiger partial charge in [-0.25, -0.2) is 4.99 Å². The van der Waals surface area contributed by atoms with Crippen molar-refractivity contribution in [3.05, 3.63) is 24.0 Å². The highest BCUT2D eigenvalue weighted by molar-refractivity contribution is 5.99. The monoisotopic (exact) mass is 182 g/mol. The van der Waals surface area contributed by atoms with Crippen LogP contribution in [0.15, 0.2) is 28.3 Å². The van der Waals surface area contributed by atoms with Gasteiger partial charge in [-0.1, -0.05) is 0 Å². The van der Waals surface area contributed by atoms with E-state index in [4.69, 9.17) is 0 Å². The summed E-state index contributed by atoms with van der Waals surface area (Å²) in [4.78, 5) is 15.5. The molecule has 1 aliphatic rings. The van der Waals surface area contributed by atoms with Gasteiger partial charge in [0.05, 0.1) is 11.2 Å². The van der Waals surface area contributed by atoms with E-state index >= 15 is 0 Å². The second kappa shape index (κ2) is 2.65. The molecule has 0 spiro atoms. The minimum absolute atomic E-state index is 0.828. The molecule has 4 nitrogen and oxygen atoms in total. The summed E-state index contributed by atoms with van der Waals surface area (Å²) in [6, 6.07) is 3.86. The lowest BCUT2D eigenvalue weighted by atomic mass is 10.3. The van der Waals surface area contributed by atoms with Crippen molar-refractivity contribution in [3.8, 4) is 0 Å². The quantitative estimate of drug-likeness (QED) is 0.664. The molecule has 2 aromatic heterocycles. The summed E-state index contributed by atoms with van der Waals surface area (Å²) in [5.41, 5.74) is 3.58. The lowest BCUT2D eigenvalue weighted by molar-refractivity contribution is 1.40. The zero-order valence-corrected chi connectivity index (χ0v) is 7.23. The van der Waals surface area contributed by atoms with Crippen LogP contribution in [0.4, 0.5) is 5.69 Å². The molecule has 0 radical (unpaired) electrons. The van der Waals surface area contributed by atoms with Gasteiger partial charge in [0.15, 0.2) is 0 Å². The molecule has 0 aromatic carbocycles. The molecule has 1 N–H and O–H groups in total. The molecule has 3 rings (SSSR count). The summed E-state index contributed by atoms with van der Waals surface area (Å²) in [7, 11) is 0. The Bertz CT molecular complexity index is 585. The molecular weight excluding hydrogens is 176 g/mol. The second-order valence-corrected chi connectivity index (χ2v) is 2.93. The normalized spacial score (nSPS) is 13.1. The first-order chi connectivity index (χ1) is 6.95. The van der Waals surface area contributed by atoms with E-state index in [0.29, 0.717) is 0 Å². The van der Waals surface area contributed by atoms with Crippen LogP contribution >= 0.6 is 0 Å². The molecule has 66 valence electrons. The summed E-state index contributed by atoms with van der Waals surface area (Å²) in [6.45, 7) is 0. The molecule has 4 heteroatoms. The number of hydrogen-bond acceptors (Lipinski definition) is 3. The van der Waals surface area contributed by atoms with E-state index in [2.05, 4.69) is 25.8 Å². The van der Waals surface area contributed by atoms with Gasteiger partial charge in [0.2, 0.25) is 0 Å². The highest BCUT2D eigenvalue weighted by atomic mass is 14.9. The number of H-pyrrole nitrogens is 1. The SMILES string of the molecule is C1=Cc2[nH]c3cccnc3c2N=CN=1. The summed E-state index contributed by atoms with van der Waals surface area (Å²) in [6.07, 6.45) is 5.00. The molecule has 1 aliphatic heterocycles. The van der Waals surface area contributed by atoms with Crippen LogP contribution in [0.5, 0.6) is 0 Å². The number of aromatic nitrogens is 2. The van der Waals surface area contributed by atoms with Crippen LogP contribution in [0.25, 0.3) is 17.1 Å². The van der Waals surface area contributed by atoms with E-state index < -0.39 is 0 Å². The molecule has 0 amide bonds. The predicted molar refractivity (Wildman–Crippen MR) is 56.1 cm³/mol. The van der Waals surface area contributed by atoms with E-state index in [-0.39, 0.29) is 0 Å². The molecule has 0 bridgehead atoms. The number of pyridine rings is 1. The second-order valence-electron chi connectivity index (χ2n) is 2.93.